The summed E-state index contributed by atoms with van der Waals surface area (Å²) in [4.78, 5) is 183. The van der Waals surface area contributed by atoms with E-state index in [1.165, 1.54) is 68.4 Å². The lowest BCUT2D eigenvalue weighted by molar-refractivity contribution is -0.161. The first kappa shape index (κ1) is 109. The van der Waals surface area contributed by atoms with Crippen molar-refractivity contribution in [2.75, 3.05) is 13.7 Å². The average molecular weight is 1580 g/mol. The molecular weight excluding hydrogens is 1450 g/mol. The minimum Gasteiger partial charge on any atom is -0.481 e. The van der Waals surface area contributed by atoms with Crippen LogP contribution in [0.3, 0.4) is 0 Å². The number of hydrogen-bond donors (Lipinski definition) is 12. The highest BCUT2D eigenvalue weighted by Crippen LogP contribution is 2.32. The Kier molecular flexibility index (Phi) is 59.2. The maximum absolute atomic E-state index is 12.1. The van der Waals surface area contributed by atoms with Crippen LogP contribution >= 0.6 is 0 Å². The van der Waals surface area contributed by atoms with Gasteiger partial charge in [-0.05, 0) is 90.4 Å². The molecule has 12 N–H and O–H groups in total. The number of rotatable bonds is 33. The molecule has 110 heavy (non-hydrogen) atoms. The number of carboxylic acid groups (broad SMARTS) is 10. The first-order valence-electron chi connectivity index (χ1n) is 37.2. The van der Waals surface area contributed by atoms with Crippen LogP contribution in [0.5, 0.6) is 0 Å². The summed E-state index contributed by atoms with van der Waals surface area (Å²) in [6.07, 6.45) is 16.6. The van der Waals surface area contributed by atoms with Gasteiger partial charge in [-0.15, -0.1) is 0 Å². The number of ether oxygens (including phenoxy) is 5. The van der Waals surface area contributed by atoms with Crippen LogP contribution in [0, 0.1) is 76.4 Å². The number of hydrogen-bond acceptors (Lipinski definition) is 22. The third-order valence-electron chi connectivity index (χ3n) is 19.2. The molecule has 0 aromatic rings. The van der Waals surface area contributed by atoms with Gasteiger partial charge in [0.05, 0.1) is 97.8 Å². The molecule has 0 saturated heterocycles. The molecule has 0 bridgehead atoms. The van der Waals surface area contributed by atoms with Crippen molar-refractivity contribution in [2.45, 2.75) is 277 Å². The molecule has 0 aromatic carbocycles. The fourth-order valence-electron chi connectivity index (χ4n) is 9.27. The normalized spacial score (nSPS) is 18.4. The summed E-state index contributed by atoms with van der Waals surface area (Å²) < 4.78 is 23.9. The molecule has 15 unspecified atom stereocenters. The van der Waals surface area contributed by atoms with Gasteiger partial charge in [-0.3, -0.25) is 71.9 Å². The monoisotopic (exact) mass is 1580 g/mol. The van der Waals surface area contributed by atoms with Crippen molar-refractivity contribution in [3.05, 3.63) is 12.2 Å². The fourth-order valence-corrected chi connectivity index (χ4v) is 9.27. The van der Waals surface area contributed by atoms with Gasteiger partial charge in [0.25, 0.3) is 0 Å². The van der Waals surface area contributed by atoms with Gasteiger partial charge in [-0.1, -0.05) is 143 Å². The number of amides is 2. The molecule has 3 fully saturated rings. The summed E-state index contributed by atoms with van der Waals surface area (Å²) in [6, 6.07) is 0.0364. The van der Waals surface area contributed by atoms with Gasteiger partial charge in [0.2, 0.25) is 11.8 Å². The lowest BCUT2D eigenvalue weighted by atomic mass is 9.76. The van der Waals surface area contributed by atoms with Gasteiger partial charge in [0.1, 0.15) is 12.7 Å². The van der Waals surface area contributed by atoms with Crippen LogP contribution in [-0.2, 0) is 105 Å². The Balaban J connectivity index is -0.000000385. The summed E-state index contributed by atoms with van der Waals surface area (Å²) in [5.41, 5.74) is -0.427. The highest BCUT2D eigenvalue weighted by Gasteiger charge is 2.39. The highest BCUT2D eigenvalue weighted by atomic mass is 16.6. The van der Waals surface area contributed by atoms with E-state index in [1.54, 1.807) is 34.6 Å². The Hall–Kier alpha value is -9.27. The zero-order valence-corrected chi connectivity index (χ0v) is 67.6. The van der Waals surface area contributed by atoms with E-state index in [0.29, 0.717) is 6.42 Å². The van der Waals surface area contributed by atoms with E-state index in [-0.39, 0.29) is 80.0 Å². The Morgan fingerprint density at radius 2 is 0.827 bits per heavy atom. The molecule has 634 valence electrons. The van der Waals surface area contributed by atoms with E-state index in [4.69, 9.17) is 60.2 Å². The van der Waals surface area contributed by atoms with E-state index in [0.717, 1.165) is 95.6 Å². The highest BCUT2D eigenvalue weighted by molar-refractivity contribution is 5.91. The first-order valence-corrected chi connectivity index (χ1v) is 37.2. The number of nitrogens with one attached hydrogen (secondary N) is 2. The van der Waals surface area contributed by atoms with Gasteiger partial charge in [-0.2, -0.15) is 0 Å². The molecular formula is C76H128N2O32. The maximum atomic E-state index is 12.1. The van der Waals surface area contributed by atoms with Gasteiger partial charge in [0.15, 0.2) is 0 Å². The van der Waals surface area contributed by atoms with Crippen molar-refractivity contribution in [3.63, 3.8) is 0 Å². The second-order valence-electron chi connectivity index (χ2n) is 28.3. The predicted molar refractivity (Wildman–Crippen MR) is 396 cm³/mol. The molecule has 0 heterocycles. The van der Waals surface area contributed by atoms with Gasteiger partial charge >= 0.3 is 89.5 Å². The van der Waals surface area contributed by atoms with Crippen molar-refractivity contribution >= 4 is 101 Å². The lowest BCUT2D eigenvalue weighted by Crippen LogP contribution is -2.51. The minimum atomic E-state index is -1.16. The van der Waals surface area contributed by atoms with Gasteiger partial charge in [0, 0.05) is 35.6 Å². The molecule has 3 rings (SSSR count). The summed E-state index contributed by atoms with van der Waals surface area (Å²) in [7, 11) is 1.24. The van der Waals surface area contributed by atoms with Crippen LogP contribution in [0.4, 0.5) is 0 Å². The average Bonchev–Trinajstić information content (AvgIpc) is 0.825. The molecule has 15 atom stereocenters. The van der Waals surface area contributed by atoms with E-state index >= 15 is 0 Å². The van der Waals surface area contributed by atoms with E-state index in [2.05, 4.69) is 20.1 Å². The molecule has 34 nitrogen and oxygen atoms in total. The van der Waals surface area contributed by atoms with Crippen molar-refractivity contribution in [1.82, 2.24) is 10.6 Å². The summed E-state index contributed by atoms with van der Waals surface area (Å²) >= 11 is 0. The second kappa shape index (κ2) is 59.6. The topological polar surface area (TPSA) is 563 Å². The van der Waals surface area contributed by atoms with Crippen molar-refractivity contribution in [1.29, 1.82) is 0 Å². The van der Waals surface area contributed by atoms with Crippen molar-refractivity contribution < 1.29 is 156 Å². The number of carboxylic acids is 10. The molecule has 3 saturated carbocycles. The summed E-state index contributed by atoms with van der Waals surface area (Å²) in [5.74, 6) is -20.0. The minimum absolute atomic E-state index is 0.00435. The number of esters is 5. The quantitative estimate of drug-likeness (QED) is 0.0165. The smallest absolute Gasteiger partial charge is 0.331 e. The Bertz CT molecular complexity index is 2840. The van der Waals surface area contributed by atoms with Gasteiger partial charge in [-0.25, -0.2) is 9.59 Å². The Labute approximate surface area is 645 Å². The fraction of sp³-hybridized carbons (Fsp3) is 0.750. The lowest BCUT2D eigenvalue weighted by Gasteiger charge is -2.36. The zero-order chi connectivity index (χ0) is 86.6. The number of carbonyl (C=O) groups is 17. The Morgan fingerprint density at radius 3 is 1.21 bits per heavy atom. The largest absolute Gasteiger partial charge is 0.481 e. The van der Waals surface area contributed by atoms with Crippen LogP contribution in [-0.4, -0.2) is 197 Å². The molecule has 3 aliphatic carbocycles. The predicted octanol–water partition coefficient (Wildman–Crippen LogP) is 9.91. The van der Waals surface area contributed by atoms with E-state index in [1.807, 2.05) is 41.5 Å². The molecule has 2 amide bonds. The number of methoxy groups -OCH3 is 1. The molecule has 34 heteroatoms. The molecule has 0 spiro atoms. The van der Waals surface area contributed by atoms with E-state index in [9.17, 15) is 86.6 Å². The number of carbonyl (C=O) groups excluding carboxylic acids is 7. The molecule has 3 aliphatic rings. The van der Waals surface area contributed by atoms with Crippen LogP contribution < -0.4 is 10.6 Å². The second-order valence-corrected chi connectivity index (χ2v) is 28.3. The van der Waals surface area contributed by atoms with Crippen molar-refractivity contribution in [2.24, 2.45) is 76.4 Å². The third kappa shape index (κ3) is 51.2. The van der Waals surface area contributed by atoms with Crippen molar-refractivity contribution in [3.8, 4) is 0 Å². The summed E-state index contributed by atoms with van der Waals surface area (Å²) in [6.45, 7) is 29.8. The van der Waals surface area contributed by atoms with Crippen LogP contribution in [0.25, 0.3) is 0 Å². The molecule has 0 radical (unpaired) electrons. The standard InChI is InChI=1S/C14H25NO3.C12H21NO3.C12H20O4.C9H14O6.C8H14O4.C8H12O4.C7H12O4.C6H10O4/c1-5-14(3,4)13(18)15-10-8-6-7-9(2)11(10)12(16)17;1-8(9(2)12(15)16)11(14)13-10-6-4-3-5-7-10;1-8(11(13)14)9(2)12(15)16-10-6-4-3-5-7-10;1-5(8(12)13)6(2)9(14)15-4-3-7(10)11;2*1-3-6(2)12-8(11)5-4-7(9)10;1-4(6(8)9)5(2)7(10)11-3;1-3(5(7)8)4(2)6(9)10/h9-11H,5-8H2,1-4H3,(H,15,18)(H,16,17);8-10H,3-7H2,1-2H3,(H,13,14)(H,15,16);8-10H,3-7H2,1-2H3,(H,13,14);5-6H,3-4H2,1-2H3,(H,10,11)(H,12,13);6H,3-5H2,1-2H3,(H,9,10);4-6H,3H2,1-2H3,(H,9,10);4-5H,1-3H3,(H,8,9);3-4H,1-2H3,(H,7,8)(H,9,10)/b;;;;;5-4+;;. The first-order chi connectivity index (χ1) is 50.8. The maximum Gasteiger partial charge on any atom is 0.331 e. The Morgan fingerprint density at radius 1 is 0.436 bits per heavy atom. The van der Waals surface area contributed by atoms with Crippen LogP contribution in [0.2, 0.25) is 0 Å². The summed E-state index contributed by atoms with van der Waals surface area (Å²) in [5, 5.41) is 91.3. The zero-order valence-electron chi connectivity index (χ0n) is 67.6. The van der Waals surface area contributed by atoms with Crippen LogP contribution in [0.1, 0.15) is 247 Å². The van der Waals surface area contributed by atoms with E-state index < -0.39 is 154 Å². The van der Waals surface area contributed by atoms with Crippen LogP contribution in [0.15, 0.2) is 12.2 Å². The SMILES string of the molecule is CC(C(=O)O)C(C)C(=O)NC1CCCCC1.CC(C(=O)O)C(C)C(=O)O.CC(C(=O)O)C(C)C(=O)OC1CCCCC1.CC(C(=O)O)C(C)C(=O)OCCC(=O)O.CCC(C)(C)C(=O)NC1CCCC(C)C1C(=O)O.CCC(C)OC(=O)/C=C/C(=O)O.CCC(C)OC(=O)CCC(=O)O.COC(=O)C(C)C(C)C(=O)O. The van der Waals surface area contributed by atoms with Gasteiger partial charge < -0.3 is 85.4 Å². The third-order valence-corrected chi connectivity index (χ3v) is 19.2. The molecule has 0 aromatic heterocycles. The molecule has 0 aliphatic heterocycles. The number of aliphatic carboxylic acids is 10.